The quantitative estimate of drug-likeness (QED) is 0.846. The lowest BCUT2D eigenvalue weighted by molar-refractivity contribution is -0.751. The van der Waals surface area contributed by atoms with Gasteiger partial charge in [0.1, 0.15) is 17.4 Å². The lowest BCUT2D eigenvalue weighted by Crippen LogP contribution is -2.98. The van der Waals surface area contributed by atoms with Crippen LogP contribution in [0.5, 0.6) is 5.88 Å². The van der Waals surface area contributed by atoms with Gasteiger partial charge in [-0.25, -0.2) is 9.78 Å². The molecule has 1 aliphatic rings. The number of pyridine rings is 1. The minimum Gasteiger partial charge on any atom is -0.629 e. The number of nitrogens with one attached hydrogen (secondary N) is 1. The predicted octanol–water partition coefficient (Wildman–Crippen LogP) is 1.11. The molecule has 1 saturated heterocycles. The van der Waals surface area contributed by atoms with E-state index in [2.05, 4.69) is 4.98 Å². The van der Waals surface area contributed by atoms with E-state index < -0.39 is 5.60 Å². The molecule has 0 aromatic carbocycles. The fourth-order valence-corrected chi connectivity index (χ4v) is 2.15. The standard InChI is InChI=1S/C15H23N3O4/c1-15(2,3)22-14(19)18-8-7-12(10-18)21-13-6-5-11(9-16-13)17(4)20/h5-6,9,12,17H,7-8,10H2,1-4H3/t12-/m0/s1. The van der Waals surface area contributed by atoms with Gasteiger partial charge >= 0.3 is 6.09 Å². The maximum atomic E-state index is 12.0. The first-order valence-corrected chi connectivity index (χ1v) is 7.36. The number of hydrogen-bond acceptors (Lipinski definition) is 5. The van der Waals surface area contributed by atoms with Crippen LogP contribution < -0.4 is 9.80 Å². The molecule has 1 aromatic rings. The Hall–Kier alpha value is -1.86. The molecule has 1 aliphatic heterocycles. The number of carbonyl (C=O) groups excluding carboxylic acids is 1. The molecule has 1 aromatic heterocycles. The minimum atomic E-state index is -0.500. The van der Waals surface area contributed by atoms with Crippen molar-refractivity contribution in [3.8, 4) is 5.88 Å². The van der Waals surface area contributed by atoms with E-state index >= 15 is 0 Å². The van der Waals surface area contributed by atoms with Crippen molar-refractivity contribution in [3.63, 3.8) is 0 Å². The monoisotopic (exact) mass is 309 g/mol. The minimum absolute atomic E-state index is 0.0315. The highest BCUT2D eigenvalue weighted by atomic mass is 16.6. The highest BCUT2D eigenvalue weighted by Gasteiger charge is 2.31. The van der Waals surface area contributed by atoms with E-state index in [1.807, 2.05) is 20.8 Å². The normalized spacial score (nSPS) is 19.9. The van der Waals surface area contributed by atoms with Crippen molar-refractivity contribution in [2.75, 3.05) is 20.1 Å². The van der Waals surface area contributed by atoms with Crippen molar-refractivity contribution in [2.45, 2.75) is 38.9 Å². The molecule has 2 atom stereocenters. The van der Waals surface area contributed by atoms with Crippen LogP contribution in [0.15, 0.2) is 18.3 Å². The summed E-state index contributed by atoms with van der Waals surface area (Å²) in [5, 5.41) is 11.2. The Balaban J connectivity index is 1.87. The third-order valence-electron chi connectivity index (χ3n) is 3.23. The zero-order valence-corrected chi connectivity index (χ0v) is 13.5. The van der Waals surface area contributed by atoms with Gasteiger partial charge in [0.2, 0.25) is 5.88 Å². The summed E-state index contributed by atoms with van der Waals surface area (Å²) in [6.45, 7) is 6.61. The van der Waals surface area contributed by atoms with E-state index in [1.54, 1.807) is 17.0 Å². The summed E-state index contributed by atoms with van der Waals surface area (Å²) in [7, 11) is 1.49. The zero-order valence-electron chi connectivity index (χ0n) is 13.5. The van der Waals surface area contributed by atoms with E-state index in [-0.39, 0.29) is 17.3 Å². The van der Waals surface area contributed by atoms with Crippen molar-refractivity contribution in [2.24, 2.45) is 0 Å². The van der Waals surface area contributed by atoms with Crippen LogP contribution in [-0.4, -0.2) is 47.8 Å². The summed E-state index contributed by atoms with van der Waals surface area (Å²) in [5.41, 5.74) is 0.0502. The average molecular weight is 309 g/mol. The van der Waals surface area contributed by atoms with E-state index in [4.69, 9.17) is 9.47 Å². The Kier molecular flexibility index (Phi) is 4.87. The van der Waals surface area contributed by atoms with Gasteiger partial charge in [-0.2, -0.15) is 0 Å². The Morgan fingerprint density at radius 1 is 1.45 bits per heavy atom. The van der Waals surface area contributed by atoms with Gasteiger partial charge in [0.25, 0.3) is 0 Å². The van der Waals surface area contributed by atoms with Gasteiger partial charge in [-0.1, -0.05) is 0 Å². The number of likely N-dealkylation sites (tertiary alicyclic amines) is 1. The smallest absolute Gasteiger partial charge is 0.410 e. The van der Waals surface area contributed by atoms with Gasteiger partial charge in [0.05, 0.1) is 19.8 Å². The molecule has 0 radical (unpaired) electrons. The predicted molar refractivity (Wildman–Crippen MR) is 81.0 cm³/mol. The van der Waals surface area contributed by atoms with Crippen LogP contribution in [-0.2, 0) is 4.74 Å². The summed E-state index contributed by atoms with van der Waals surface area (Å²) in [6, 6.07) is 3.36. The molecule has 0 saturated carbocycles. The number of nitrogens with zero attached hydrogens (tertiary/aromatic N) is 2. The van der Waals surface area contributed by atoms with Crippen molar-refractivity contribution in [1.82, 2.24) is 9.88 Å². The Labute approximate surface area is 130 Å². The van der Waals surface area contributed by atoms with Crippen LogP contribution in [0.25, 0.3) is 0 Å². The Morgan fingerprint density at radius 3 is 2.73 bits per heavy atom. The maximum Gasteiger partial charge on any atom is 0.410 e. The maximum absolute atomic E-state index is 12.0. The van der Waals surface area contributed by atoms with Crippen LogP contribution >= 0.6 is 0 Å². The molecule has 122 valence electrons. The second-order valence-corrected chi connectivity index (χ2v) is 6.40. The first-order chi connectivity index (χ1) is 10.2. The lowest BCUT2D eigenvalue weighted by Gasteiger charge is -2.24. The summed E-state index contributed by atoms with van der Waals surface area (Å²) < 4.78 is 11.1. The van der Waals surface area contributed by atoms with E-state index in [1.165, 1.54) is 13.2 Å². The summed E-state index contributed by atoms with van der Waals surface area (Å²) in [6.07, 6.45) is 1.80. The van der Waals surface area contributed by atoms with Crippen LogP contribution in [0.4, 0.5) is 10.5 Å². The zero-order chi connectivity index (χ0) is 16.3. The largest absolute Gasteiger partial charge is 0.629 e. The van der Waals surface area contributed by atoms with Crippen molar-refractivity contribution in [1.29, 1.82) is 0 Å². The molecule has 22 heavy (non-hydrogen) atoms. The van der Waals surface area contributed by atoms with Crippen LogP contribution in [0, 0.1) is 5.21 Å². The number of carbonyl (C=O) groups is 1. The van der Waals surface area contributed by atoms with Gasteiger partial charge in [-0.05, 0) is 20.8 Å². The van der Waals surface area contributed by atoms with Crippen molar-refractivity contribution >= 4 is 11.8 Å². The number of aromatic nitrogens is 1. The first-order valence-electron chi connectivity index (χ1n) is 7.36. The summed E-state index contributed by atoms with van der Waals surface area (Å²) in [5.74, 6) is 0.459. The molecule has 1 unspecified atom stereocenters. The second kappa shape index (κ2) is 6.50. The lowest BCUT2D eigenvalue weighted by atomic mass is 10.2. The van der Waals surface area contributed by atoms with E-state index in [0.717, 1.165) is 6.42 Å². The first kappa shape index (κ1) is 16.5. The van der Waals surface area contributed by atoms with Gasteiger partial charge in [-0.3, -0.25) is 0 Å². The molecule has 0 aliphatic carbocycles. The third-order valence-corrected chi connectivity index (χ3v) is 3.23. The molecule has 1 amide bonds. The van der Waals surface area contributed by atoms with E-state index in [9.17, 15) is 10.0 Å². The summed E-state index contributed by atoms with van der Waals surface area (Å²) >= 11 is 0. The number of amides is 1. The van der Waals surface area contributed by atoms with Crippen LogP contribution in [0.1, 0.15) is 27.2 Å². The molecular weight excluding hydrogens is 286 g/mol. The van der Waals surface area contributed by atoms with Gasteiger partial charge < -0.3 is 24.6 Å². The van der Waals surface area contributed by atoms with Crippen LogP contribution in [0.3, 0.4) is 0 Å². The SMILES string of the molecule is C[NH+]([O-])c1ccc(O[C@H]2CCN(C(=O)OC(C)(C)C)C2)nc1. The highest BCUT2D eigenvalue weighted by molar-refractivity contribution is 5.68. The molecule has 7 heteroatoms. The van der Waals surface area contributed by atoms with Crippen molar-refractivity contribution < 1.29 is 19.3 Å². The molecule has 0 spiro atoms. The van der Waals surface area contributed by atoms with Crippen LogP contribution in [0.2, 0.25) is 0 Å². The number of rotatable bonds is 3. The average Bonchev–Trinajstić information content (AvgIpc) is 2.86. The third kappa shape index (κ3) is 4.57. The molecule has 0 bridgehead atoms. The molecule has 1 N–H and O–H groups in total. The highest BCUT2D eigenvalue weighted by Crippen LogP contribution is 2.19. The molecule has 7 nitrogen and oxygen atoms in total. The number of quaternary nitrogens is 1. The van der Waals surface area contributed by atoms with Gasteiger partial charge in [-0.15, -0.1) is 0 Å². The fourth-order valence-electron chi connectivity index (χ4n) is 2.15. The van der Waals surface area contributed by atoms with Crippen molar-refractivity contribution in [3.05, 3.63) is 23.5 Å². The van der Waals surface area contributed by atoms with Gasteiger partial charge in [0.15, 0.2) is 0 Å². The topological polar surface area (TPSA) is 79.2 Å². The van der Waals surface area contributed by atoms with Gasteiger partial charge in [0, 0.05) is 25.1 Å². The number of ether oxygens (including phenoxy) is 2. The summed E-state index contributed by atoms with van der Waals surface area (Å²) in [4.78, 5) is 17.7. The van der Waals surface area contributed by atoms with E-state index in [0.29, 0.717) is 24.7 Å². The molecule has 2 rings (SSSR count). The number of hydroxylamine groups is 1. The second-order valence-electron chi connectivity index (χ2n) is 6.40. The Morgan fingerprint density at radius 2 is 2.18 bits per heavy atom. The molecular formula is C15H23N3O4. The number of hydrogen-bond donors (Lipinski definition) is 1. The Bertz CT molecular complexity index is 511. The molecule has 2 heterocycles. The fraction of sp³-hybridized carbons (Fsp3) is 0.600. The molecule has 1 fully saturated rings.